The second kappa shape index (κ2) is 8.80. The summed E-state index contributed by atoms with van der Waals surface area (Å²) in [6.07, 6.45) is 3.08. The minimum Gasteiger partial charge on any atom is -0.357 e. The molecule has 0 aliphatic heterocycles. The number of hydrogen-bond donors (Lipinski definition) is 2. The number of guanidine groups is 1. The van der Waals surface area contributed by atoms with Gasteiger partial charge in [-0.15, -0.1) is 35.3 Å². The Kier molecular flexibility index (Phi) is 7.03. The van der Waals surface area contributed by atoms with Crippen molar-refractivity contribution >= 4 is 41.3 Å². The first-order valence-electron chi connectivity index (χ1n) is 8.19. The number of nitrogens with zero attached hydrogens (tertiary/aromatic N) is 2. The molecule has 0 saturated heterocycles. The van der Waals surface area contributed by atoms with Crippen molar-refractivity contribution in [2.24, 2.45) is 4.99 Å². The molecule has 2 atom stereocenters. The molecule has 130 valence electrons. The first-order valence-corrected chi connectivity index (χ1v) is 9.00. The van der Waals surface area contributed by atoms with Gasteiger partial charge in [-0.2, -0.15) is 0 Å². The molecule has 0 radical (unpaired) electrons. The van der Waals surface area contributed by atoms with Gasteiger partial charge in [0.1, 0.15) is 5.01 Å². The fraction of sp³-hybridized carbons (Fsp3) is 0.444. The van der Waals surface area contributed by atoms with Crippen molar-refractivity contribution in [3.05, 3.63) is 51.5 Å². The van der Waals surface area contributed by atoms with E-state index in [2.05, 4.69) is 65.6 Å². The first-order chi connectivity index (χ1) is 11.2. The molecule has 1 aliphatic carbocycles. The molecule has 1 aliphatic rings. The number of thiazole rings is 1. The van der Waals surface area contributed by atoms with Crippen LogP contribution in [-0.4, -0.2) is 23.5 Å². The third-order valence-electron chi connectivity index (χ3n) is 4.09. The van der Waals surface area contributed by atoms with Gasteiger partial charge in [0.05, 0.1) is 6.54 Å². The zero-order valence-corrected chi connectivity index (χ0v) is 17.5. The van der Waals surface area contributed by atoms with Gasteiger partial charge in [0.2, 0.25) is 0 Å². The van der Waals surface area contributed by atoms with E-state index in [1.807, 2.05) is 6.20 Å². The van der Waals surface area contributed by atoms with Gasteiger partial charge in [-0.1, -0.05) is 24.3 Å². The maximum atomic E-state index is 4.67. The molecule has 0 amide bonds. The van der Waals surface area contributed by atoms with Crippen LogP contribution in [0.3, 0.4) is 0 Å². The monoisotopic (exact) mass is 456 g/mol. The Balaban J connectivity index is 0.00000208. The molecule has 1 aromatic carbocycles. The number of halogens is 1. The van der Waals surface area contributed by atoms with Crippen molar-refractivity contribution in [2.75, 3.05) is 6.54 Å². The average molecular weight is 456 g/mol. The molecule has 2 N–H and O–H groups in total. The maximum Gasteiger partial charge on any atom is 0.191 e. The molecular formula is C18H25IN4S. The van der Waals surface area contributed by atoms with E-state index in [1.165, 1.54) is 22.4 Å². The van der Waals surface area contributed by atoms with E-state index < -0.39 is 0 Å². The van der Waals surface area contributed by atoms with Crippen molar-refractivity contribution in [1.82, 2.24) is 15.6 Å². The second-order valence-corrected chi connectivity index (χ2v) is 7.33. The van der Waals surface area contributed by atoms with E-state index in [0.717, 1.165) is 17.5 Å². The molecule has 1 aromatic heterocycles. The summed E-state index contributed by atoms with van der Waals surface area (Å²) in [6.45, 7) is 7.86. The SMILES string of the molecule is CCNC(=NCc1ncc(C)s1)NC1CC1c1ccccc1C.I. The lowest BCUT2D eigenvalue weighted by Gasteiger charge is -2.11. The van der Waals surface area contributed by atoms with Crippen molar-refractivity contribution in [1.29, 1.82) is 0 Å². The van der Waals surface area contributed by atoms with Gasteiger partial charge in [-0.25, -0.2) is 9.98 Å². The predicted octanol–water partition coefficient (Wildman–Crippen LogP) is 3.99. The largest absolute Gasteiger partial charge is 0.357 e. The van der Waals surface area contributed by atoms with Gasteiger partial charge in [0.25, 0.3) is 0 Å². The minimum atomic E-state index is 0. The molecule has 2 unspecified atom stereocenters. The highest BCUT2D eigenvalue weighted by atomic mass is 127. The fourth-order valence-corrected chi connectivity index (χ4v) is 3.53. The lowest BCUT2D eigenvalue weighted by molar-refractivity contribution is 0.793. The van der Waals surface area contributed by atoms with E-state index in [1.54, 1.807) is 11.3 Å². The third-order valence-corrected chi connectivity index (χ3v) is 4.98. The number of nitrogens with one attached hydrogen (secondary N) is 2. The van der Waals surface area contributed by atoms with Gasteiger partial charge < -0.3 is 10.6 Å². The summed E-state index contributed by atoms with van der Waals surface area (Å²) in [6, 6.07) is 9.14. The number of aryl methyl sites for hydroxylation is 2. The Morgan fingerprint density at radius 3 is 2.79 bits per heavy atom. The molecule has 4 nitrogen and oxygen atoms in total. The van der Waals surface area contributed by atoms with E-state index in [-0.39, 0.29) is 24.0 Å². The summed E-state index contributed by atoms with van der Waals surface area (Å²) in [4.78, 5) is 10.3. The number of aromatic nitrogens is 1. The van der Waals surface area contributed by atoms with Crippen molar-refractivity contribution in [3.8, 4) is 0 Å². The molecule has 1 saturated carbocycles. The number of aliphatic imine (C=N–C) groups is 1. The van der Waals surface area contributed by atoms with Gasteiger partial charge >= 0.3 is 0 Å². The van der Waals surface area contributed by atoms with Crippen LogP contribution >= 0.6 is 35.3 Å². The lowest BCUT2D eigenvalue weighted by Crippen LogP contribution is -2.39. The summed E-state index contributed by atoms with van der Waals surface area (Å²) in [7, 11) is 0. The zero-order valence-electron chi connectivity index (χ0n) is 14.4. The number of rotatable bonds is 5. The number of hydrogen-bond acceptors (Lipinski definition) is 3. The Morgan fingerprint density at radius 2 is 2.12 bits per heavy atom. The van der Waals surface area contributed by atoms with Crippen molar-refractivity contribution < 1.29 is 0 Å². The molecule has 6 heteroatoms. The first kappa shape index (κ1) is 19.2. The Morgan fingerprint density at radius 1 is 1.33 bits per heavy atom. The van der Waals surface area contributed by atoms with Gasteiger partial charge in [0, 0.05) is 29.6 Å². The van der Waals surface area contributed by atoms with E-state index in [9.17, 15) is 0 Å². The topological polar surface area (TPSA) is 49.3 Å². The maximum absolute atomic E-state index is 4.67. The molecular weight excluding hydrogens is 431 g/mol. The van der Waals surface area contributed by atoms with Gasteiger partial charge in [-0.3, -0.25) is 0 Å². The van der Waals surface area contributed by atoms with E-state index in [4.69, 9.17) is 0 Å². The molecule has 0 spiro atoms. The van der Waals surface area contributed by atoms with Crippen LogP contribution in [0.25, 0.3) is 0 Å². The van der Waals surface area contributed by atoms with Crippen LogP contribution in [0, 0.1) is 13.8 Å². The van der Waals surface area contributed by atoms with Crippen LogP contribution in [0.4, 0.5) is 0 Å². The molecule has 1 heterocycles. The number of benzene rings is 1. The third kappa shape index (κ3) is 4.92. The quantitative estimate of drug-likeness (QED) is 0.407. The summed E-state index contributed by atoms with van der Waals surface area (Å²) in [5.74, 6) is 1.49. The molecule has 2 aromatic rings. The summed E-state index contributed by atoms with van der Waals surface area (Å²) < 4.78 is 0. The second-order valence-electron chi connectivity index (χ2n) is 6.01. The van der Waals surface area contributed by atoms with Crippen LogP contribution in [0.5, 0.6) is 0 Å². The normalized spacial score (nSPS) is 19.5. The van der Waals surface area contributed by atoms with Crippen LogP contribution < -0.4 is 10.6 Å². The fourth-order valence-electron chi connectivity index (χ4n) is 2.82. The average Bonchev–Trinajstić information content (AvgIpc) is 3.16. The molecule has 0 bridgehead atoms. The highest BCUT2D eigenvalue weighted by Gasteiger charge is 2.39. The Hall–Kier alpha value is -1.15. The van der Waals surface area contributed by atoms with Crippen LogP contribution in [0.1, 0.15) is 40.3 Å². The van der Waals surface area contributed by atoms with Crippen molar-refractivity contribution in [3.63, 3.8) is 0 Å². The molecule has 3 rings (SSSR count). The van der Waals surface area contributed by atoms with Crippen LogP contribution in [-0.2, 0) is 6.54 Å². The summed E-state index contributed by atoms with van der Waals surface area (Å²) >= 11 is 1.71. The molecule has 1 fully saturated rings. The predicted molar refractivity (Wildman–Crippen MR) is 113 cm³/mol. The molecule has 24 heavy (non-hydrogen) atoms. The summed E-state index contributed by atoms with van der Waals surface area (Å²) in [5.41, 5.74) is 2.83. The van der Waals surface area contributed by atoms with Crippen LogP contribution in [0.2, 0.25) is 0 Å². The zero-order chi connectivity index (χ0) is 16.2. The van der Waals surface area contributed by atoms with Gasteiger partial charge in [-0.05, 0) is 38.3 Å². The highest BCUT2D eigenvalue weighted by Crippen LogP contribution is 2.42. The lowest BCUT2D eigenvalue weighted by atomic mass is 10.0. The van der Waals surface area contributed by atoms with E-state index >= 15 is 0 Å². The highest BCUT2D eigenvalue weighted by molar-refractivity contribution is 14.0. The minimum absolute atomic E-state index is 0. The smallest absolute Gasteiger partial charge is 0.191 e. The van der Waals surface area contributed by atoms with Crippen molar-refractivity contribution in [2.45, 2.75) is 45.7 Å². The van der Waals surface area contributed by atoms with E-state index in [0.29, 0.717) is 18.5 Å². The Labute approximate surface area is 165 Å². The van der Waals surface area contributed by atoms with Gasteiger partial charge in [0.15, 0.2) is 5.96 Å². The van der Waals surface area contributed by atoms with Crippen LogP contribution in [0.15, 0.2) is 35.5 Å². The Bertz CT molecular complexity index is 698. The summed E-state index contributed by atoms with van der Waals surface area (Å²) in [5, 5.41) is 7.95. The standard InChI is InChI=1S/C18H24N4S.HI/c1-4-19-18(21-11-17-20-10-13(3)23-17)22-16-9-15(16)14-8-6-5-7-12(14)2;/h5-8,10,15-16H,4,9,11H2,1-3H3,(H2,19,21,22);1H.